The van der Waals surface area contributed by atoms with E-state index in [9.17, 15) is 4.79 Å². The average Bonchev–Trinajstić information content (AvgIpc) is 3.09. The zero-order chi connectivity index (χ0) is 15.8. The molecule has 0 unspecified atom stereocenters. The first-order valence-electron chi connectivity index (χ1n) is 7.24. The minimum absolute atomic E-state index is 0.195. The van der Waals surface area contributed by atoms with Crippen LogP contribution in [-0.4, -0.2) is 31.1 Å². The number of para-hydroxylation sites is 1. The Hall–Kier alpha value is -2.67. The Morgan fingerprint density at radius 3 is 2.96 bits per heavy atom. The smallest absolute Gasteiger partial charge is 0.279 e. The third-order valence-corrected chi connectivity index (χ3v) is 4.00. The highest BCUT2D eigenvalue weighted by atomic mass is 35.5. The summed E-state index contributed by atoms with van der Waals surface area (Å²) < 4.78 is 1.47. The Balaban J connectivity index is 1.51. The lowest BCUT2D eigenvalue weighted by Gasteiger charge is -2.01. The third-order valence-electron chi connectivity index (χ3n) is 3.68. The monoisotopic (exact) mass is 328 g/mol. The number of amides is 1. The predicted molar refractivity (Wildman–Crippen MR) is 84.9 cm³/mol. The Kier molecular flexibility index (Phi) is 3.34. The summed E-state index contributed by atoms with van der Waals surface area (Å²) >= 11 is 6.11. The molecule has 0 aliphatic heterocycles. The molecule has 1 aliphatic rings. The van der Waals surface area contributed by atoms with Crippen LogP contribution in [0.15, 0.2) is 36.5 Å². The second kappa shape index (κ2) is 5.51. The van der Waals surface area contributed by atoms with Crippen molar-refractivity contribution in [1.82, 2.24) is 25.2 Å². The predicted octanol–water partition coefficient (Wildman–Crippen LogP) is 2.77. The molecule has 0 spiro atoms. The summed E-state index contributed by atoms with van der Waals surface area (Å²) in [5.41, 5.74) is 1.91. The van der Waals surface area contributed by atoms with Crippen LogP contribution in [-0.2, 0) is 0 Å². The standard InChI is InChI=1S/C15H13ClN6O/c16-10-3-1-2-4-13(10)22-8-12(19-21-22)15(23)17-14-7-11(18-20-14)9-5-6-9/h1-4,7-9H,5-6H2,(H2,17,18,20,23). The highest BCUT2D eigenvalue weighted by molar-refractivity contribution is 6.32. The van der Waals surface area contributed by atoms with Crippen LogP contribution in [0, 0.1) is 0 Å². The fourth-order valence-corrected chi connectivity index (χ4v) is 2.53. The molecule has 116 valence electrons. The number of nitrogens with zero attached hydrogens (tertiary/aromatic N) is 4. The summed E-state index contributed by atoms with van der Waals surface area (Å²) in [6, 6.07) is 9.07. The molecule has 1 amide bonds. The van der Waals surface area contributed by atoms with Gasteiger partial charge in [-0.25, -0.2) is 4.68 Å². The van der Waals surface area contributed by atoms with Gasteiger partial charge >= 0.3 is 0 Å². The average molecular weight is 329 g/mol. The van der Waals surface area contributed by atoms with Gasteiger partial charge in [0, 0.05) is 17.7 Å². The van der Waals surface area contributed by atoms with Gasteiger partial charge in [-0.2, -0.15) is 5.10 Å². The fourth-order valence-electron chi connectivity index (χ4n) is 2.31. The Morgan fingerprint density at radius 2 is 2.17 bits per heavy atom. The lowest BCUT2D eigenvalue weighted by atomic mass is 10.3. The van der Waals surface area contributed by atoms with Gasteiger partial charge in [-0.15, -0.1) is 5.10 Å². The number of nitrogens with one attached hydrogen (secondary N) is 2. The van der Waals surface area contributed by atoms with Gasteiger partial charge in [-0.1, -0.05) is 28.9 Å². The van der Waals surface area contributed by atoms with Crippen molar-refractivity contribution in [1.29, 1.82) is 0 Å². The Bertz CT molecular complexity index is 866. The molecule has 1 fully saturated rings. The summed E-state index contributed by atoms with van der Waals surface area (Å²) in [4.78, 5) is 12.2. The van der Waals surface area contributed by atoms with Crippen molar-refractivity contribution in [3.05, 3.63) is 52.9 Å². The number of carbonyl (C=O) groups excluding carboxylic acids is 1. The van der Waals surface area contributed by atoms with Crippen molar-refractivity contribution < 1.29 is 4.79 Å². The molecule has 0 bridgehead atoms. The molecule has 8 heteroatoms. The van der Waals surface area contributed by atoms with E-state index in [1.165, 1.54) is 23.7 Å². The lowest BCUT2D eigenvalue weighted by Crippen LogP contribution is -2.12. The maximum absolute atomic E-state index is 12.2. The number of aromatic nitrogens is 5. The van der Waals surface area contributed by atoms with Gasteiger partial charge < -0.3 is 5.32 Å². The molecule has 23 heavy (non-hydrogen) atoms. The van der Waals surface area contributed by atoms with Crippen molar-refractivity contribution in [2.24, 2.45) is 0 Å². The molecule has 0 atom stereocenters. The number of hydrogen-bond acceptors (Lipinski definition) is 4. The van der Waals surface area contributed by atoms with Crippen LogP contribution >= 0.6 is 11.6 Å². The molecule has 1 aliphatic carbocycles. The number of carbonyl (C=O) groups is 1. The van der Waals surface area contributed by atoms with Crippen LogP contribution in [0.1, 0.15) is 34.9 Å². The first kappa shape index (κ1) is 14.0. The first-order chi connectivity index (χ1) is 11.2. The third kappa shape index (κ3) is 2.83. The van der Waals surface area contributed by atoms with E-state index in [4.69, 9.17) is 11.6 Å². The normalized spacial score (nSPS) is 14.0. The van der Waals surface area contributed by atoms with Crippen molar-refractivity contribution in [2.45, 2.75) is 18.8 Å². The van der Waals surface area contributed by atoms with Crippen LogP contribution in [0.5, 0.6) is 0 Å². The highest BCUT2D eigenvalue weighted by Crippen LogP contribution is 2.39. The molecule has 2 N–H and O–H groups in total. The zero-order valence-electron chi connectivity index (χ0n) is 12.0. The minimum atomic E-state index is -0.364. The van der Waals surface area contributed by atoms with E-state index in [2.05, 4.69) is 25.8 Å². The van der Waals surface area contributed by atoms with E-state index in [-0.39, 0.29) is 11.6 Å². The fraction of sp³-hybridized carbons (Fsp3) is 0.200. The number of benzene rings is 1. The molecule has 2 aromatic heterocycles. The molecule has 0 radical (unpaired) electrons. The molecule has 4 rings (SSSR count). The van der Waals surface area contributed by atoms with Crippen molar-refractivity contribution in [3.8, 4) is 5.69 Å². The van der Waals surface area contributed by atoms with Gasteiger partial charge in [0.2, 0.25) is 0 Å². The topological polar surface area (TPSA) is 88.5 Å². The SMILES string of the molecule is O=C(Nc1cc(C2CC2)[nH]n1)c1cn(-c2ccccc2Cl)nn1. The van der Waals surface area contributed by atoms with Gasteiger partial charge in [0.05, 0.1) is 16.9 Å². The van der Waals surface area contributed by atoms with E-state index in [1.807, 2.05) is 18.2 Å². The van der Waals surface area contributed by atoms with Crippen molar-refractivity contribution >= 4 is 23.3 Å². The van der Waals surface area contributed by atoms with Crippen LogP contribution in [0.4, 0.5) is 5.82 Å². The number of anilines is 1. The molecule has 1 aromatic carbocycles. The van der Waals surface area contributed by atoms with E-state index >= 15 is 0 Å². The largest absolute Gasteiger partial charge is 0.304 e. The minimum Gasteiger partial charge on any atom is -0.304 e. The maximum atomic E-state index is 12.2. The zero-order valence-corrected chi connectivity index (χ0v) is 12.8. The van der Waals surface area contributed by atoms with E-state index in [0.717, 1.165) is 5.69 Å². The molecule has 1 saturated carbocycles. The summed E-state index contributed by atoms with van der Waals surface area (Å²) in [6.45, 7) is 0. The van der Waals surface area contributed by atoms with Gasteiger partial charge in [0.1, 0.15) is 0 Å². The number of hydrogen-bond donors (Lipinski definition) is 2. The van der Waals surface area contributed by atoms with Crippen molar-refractivity contribution in [2.75, 3.05) is 5.32 Å². The Morgan fingerprint density at radius 1 is 1.35 bits per heavy atom. The maximum Gasteiger partial charge on any atom is 0.279 e. The van der Waals surface area contributed by atoms with Gasteiger partial charge in [-0.3, -0.25) is 9.89 Å². The van der Waals surface area contributed by atoms with Crippen LogP contribution in [0.3, 0.4) is 0 Å². The molecule has 2 heterocycles. The number of H-pyrrole nitrogens is 1. The van der Waals surface area contributed by atoms with Crippen LogP contribution < -0.4 is 5.32 Å². The quantitative estimate of drug-likeness (QED) is 0.770. The summed E-state index contributed by atoms with van der Waals surface area (Å²) in [6.07, 6.45) is 3.87. The number of aromatic amines is 1. The van der Waals surface area contributed by atoms with Crippen LogP contribution in [0.25, 0.3) is 5.69 Å². The summed E-state index contributed by atoms with van der Waals surface area (Å²) in [7, 11) is 0. The second-order valence-electron chi connectivity index (χ2n) is 5.44. The van der Waals surface area contributed by atoms with Crippen molar-refractivity contribution in [3.63, 3.8) is 0 Å². The summed E-state index contributed by atoms with van der Waals surface area (Å²) in [5, 5.41) is 18.1. The number of rotatable bonds is 4. The van der Waals surface area contributed by atoms with Gasteiger partial charge in [0.15, 0.2) is 11.5 Å². The van der Waals surface area contributed by atoms with E-state index in [1.54, 1.807) is 12.1 Å². The number of halogens is 1. The van der Waals surface area contributed by atoms with Gasteiger partial charge in [0.25, 0.3) is 5.91 Å². The highest BCUT2D eigenvalue weighted by Gasteiger charge is 2.26. The molecule has 3 aromatic rings. The molecular weight excluding hydrogens is 316 g/mol. The molecule has 0 saturated heterocycles. The van der Waals surface area contributed by atoms with Crippen LogP contribution in [0.2, 0.25) is 5.02 Å². The lowest BCUT2D eigenvalue weighted by molar-refractivity contribution is 0.102. The molecule has 7 nitrogen and oxygen atoms in total. The summed E-state index contributed by atoms with van der Waals surface area (Å²) in [5.74, 6) is 0.676. The van der Waals surface area contributed by atoms with E-state index in [0.29, 0.717) is 22.4 Å². The Labute approximate surface area is 136 Å². The second-order valence-corrected chi connectivity index (χ2v) is 5.84. The van der Waals surface area contributed by atoms with Gasteiger partial charge in [-0.05, 0) is 25.0 Å². The van der Waals surface area contributed by atoms with E-state index < -0.39 is 0 Å². The first-order valence-corrected chi connectivity index (χ1v) is 7.62. The molecular formula is C15H13ClN6O.